The minimum Gasteiger partial charge on any atom is -0.496 e. The molecule has 0 unspecified atom stereocenters. The van der Waals surface area contributed by atoms with Gasteiger partial charge in [0, 0.05) is 5.38 Å². The van der Waals surface area contributed by atoms with E-state index < -0.39 is 0 Å². The van der Waals surface area contributed by atoms with Gasteiger partial charge < -0.3 is 9.47 Å². The molecular weight excluding hydrogens is 210 g/mol. The second kappa shape index (κ2) is 4.31. The Bertz CT molecular complexity index is 418. The average Bonchev–Trinajstić information content (AvgIpc) is 2.81. The number of thiazole rings is 1. The molecule has 0 N–H and O–H groups in total. The van der Waals surface area contributed by atoms with E-state index in [4.69, 9.17) is 9.47 Å². The predicted octanol–water partition coefficient (Wildman–Crippen LogP) is 2.63. The Kier molecular flexibility index (Phi) is 2.87. The fourth-order valence-electron chi connectivity index (χ4n) is 1.40. The van der Waals surface area contributed by atoms with Crippen molar-refractivity contribution in [2.75, 3.05) is 14.2 Å². The first-order valence-corrected chi connectivity index (χ1v) is 5.27. The van der Waals surface area contributed by atoms with Crippen LogP contribution in [0.1, 0.15) is 0 Å². The maximum absolute atomic E-state index is 5.28. The lowest BCUT2D eigenvalue weighted by molar-refractivity contribution is 0.397. The molecule has 0 saturated heterocycles. The molecule has 0 fully saturated rings. The van der Waals surface area contributed by atoms with Gasteiger partial charge in [0.1, 0.15) is 11.5 Å². The Morgan fingerprint density at radius 2 is 1.87 bits per heavy atom. The van der Waals surface area contributed by atoms with Crippen molar-refractivity contribution in [3.8, 4) is 22.8 Å². The summed E-state index contributed by atoms with van der Waals surface area (Å²) in [6.45, 7) is 0. The topological polar surface area (TPSA) is 31.4 Å². The second-order valence-corrected chi connectivity index (χ2v) is 3.52. The van der Waals surface area contributed by atoms with Crippen LogP contribution in [-0.2, 0) is 0 Å². The third kappa shape index (κ3) is 1.80. The molecule has 0 aliphatic carbocycles. The molecule has 2 aromatic rings. The lowest BCUT2D eigenvalue weighted by atomic mass is 10.1. The summed E-state index contributed by atoms with van der Waals surface area (Å²) >= 11 is 1.43. The Morgan fingerprint density at radius 3 is 2.33 bits per heavy atom. The van der Waals surface area contributed by atoms with Crippen molar-refractivity contribution in [1.29, 1.82) is 0 Å². The zero-order chi connectivity index (χ0) is 10.7. The van der Waals surface area contributed by atoms with Crippen LogP contribution < -0.4 is 9.47 Å². The van der Waals surface area contributed by atoms with Crippen LogP contribution in [0.3, 0.4) is 0 Å². The van der Waals surface area contributed by atoms with Gasteiger partial charge >= 0.3 is 0 Å². The lowest BCUT2D eigenvalue weighted by Gasteiger charge is -2.10. The number of nitrogens with zero attached hydrogens (tertiary/aromatic N) is 1. The van der Waals surface area contributed by atoms with Crippen molar-refractivity contribution in [3.63, 3.8) is 0 Å². The van der Waals surface area contributed by atoms with E-state index in [1.807, 2.05) is 23.6 Å². The molecule has 0 saturated carbocycles. The van der Waals surface area contributed by atoms with E-state index in [1.165, 1.54) is 11.3 Å². The van der Waals surface area contributed by atoms with Crippen molar-refractivity contribution >= 4 is 11.3 Å². The van der Waals surface area contributed by atoms with Crippen molar-refractivity contribution in [1.82, 2.24) is 4.98 Å². The number of benzene rings is 1. The van der Waals surface area contributed by atoms with Crippen LogP contribution in [0.25, 0.3) is 11.3 Å². The summed E-state index contributed by atoms with van der Waals surface area (Å²) in [6.07, 6.45) is 0. The molecule has 1 heterocycles. The molecule has 0 bridgehead atoms. The van der Waals surface area contributed by atoms with Gasteiger partial charge in [0.15, 0.2) is 5.51 Å². The van der Waals surface area contributed by atoms with E-state index in [0.29, 0.717) is 0 Å². The summed E-state index contributed by atoms with van der Waals surface area (Å²) in [4.78, 5) is 4.14. The summed E-state index contributed by atoms with van der Waals surface area (Å²) in [5.41, 5.74) is 4.51. The van der Waals surface area contributed by atoms with Crippen molar-refractivity contribution < 1.29 is 9.47 Å². The highest BCUT2D eigenvalue weighted by Crippen LogP contribution is 2.37. The lowest BCUT2D eigenvalue weighted by Crippen LogP contribution is -1.92. The van der Waals surface area contributed by atoms with Gasteiger partial charge in [-0.2, -0.15) is 0 Å². The maximum Gasteiger partial charge on any atom is 0.152 e. The van der Waals surface area contributed by atoms with Crippen LogP contribution in [-0.4, -0.2) is 19.2 Å². The third-order valence-electron chi connectivity index (χ3n) is 2.07. The first-order chi connectivity index (χ1) is 7.36. The molecule has 15 heavy (non-hydrogen) atoms. The first kappa shape index (κ1) is 9.98. The predicted molar refractivity (Wildman–Crippen MR) is 59.5 cm³/mol. The summed E-state index contributed by atoms with van der Waals surface area (Å²) in [5, 5.41) is 1.92. The third-order valence-corrected chi connectivity index (χ3v) is 2.61. The summed E-state index contributed by atoms with van der Waals surface area (Å²) < 4.78 is 10.6. The summed E-state index contributed by atoms with van der Waals surface area (Å²) in [5.74, 6) is 1.52. The van der Waals surface area contributed by atoms with Gasteiger partial charge in [-0.1, -0.05) is 6.07 Å². The van der Waals surface area contributed by atoms with Crippen molar-refractivity contribution in [2.24, 2.45) is 0 Å². The minimum atomic E-state index is 0.758. The molecule has 0 aliphatic heterocycles. The number of hydrogen-bond donors (Lipinski definition) is 0. The molecule has 1 radical (unpaired) electrons. The number of rotatable bonds is 3. The minimum absolute atomic E-state index is 0.758. The van der Waals surface area contributed by atoms with Crippen LogP contribution in [0.2, 0.25) is 0 Å². The van der Waals surface area contributed by atoms with Gasteiger partial charge in [-0.25, -0.2) is 4.98 Å². The summed E-state index contributed by atoms with van der Waals surface area (Å²) in [7, 11) is 3.27. The Hall–Kier alpha value is -1.55. The molecular formula is C11H10NO2S. The Labute approximate surface area is 92.3 Å². The molecule has 77 valence electrons. The number of aromatic nitrogens is 1. The van der Waals surface area contributed by atoms with Crippen molar-refractivity contribution in [3.05, 3.63) is 29.1 Å². The van der Waals surface area contributed by atoms with Crippen LogP contribution in [0, 0.1) is 5.51 Å². The number of methoxy groups -OCH3 is 2. The fourth-order valence-corrected chi connectivity index (χ4v) is 1.89. The zero-order valence-corrected chi connectivity index (χ0v) is 9.30. The zero-order valence-electron chi connectivity index (χ0n) is 8.48. The van der Waals surface area contributed by atoms with Gasteiger partial charge in [0.05, 0.1) is 25.5 Å². The van der Waals surface area contributed by atoms with Crippen molar-refractivity contribution in [2.45, 2.75) is 0 Å². The average molecular weight is 220 g/mol. The van der Waals surface area contributed by atoms with Gasteiger partial charge in [0.2, 0.25) is 0 Å². The van der Waals surface area contributed by atoms with E-state index in [1.54, 1.807) is 14.2 Å². The number of ether oxygens (including phenoxy) is 2. The largest absolute Gasteiger partial charge is 0.496 e. The normalized spacial score (nSPS) is 10.0. The highest BCUT2D eigenvalue weighted by Gasteiger charge is 2.13. The van der Waals surface area contributed by atoms with Crippen LogP contribution in [0.4, 0.5) is 0 Å². The van der Waals surface area contributed by atoms with Gasteiger partial charge in [-0.15, -0.1) is 11.3 Å². The molecule has 2 rings (SSSR count). The SMILES string of the molecule is COc1cccc(OC)c1-c1cs[c]n1. The molecule has 3 nitrogen and oxygen atoms in total. The standard InChI is InChI=1S/C11H10NO2S/c1-13-9-4-3-5-10(14-2)11(9)8-6-15-7-12-8/h3-6H,1-2H3. The monoisotopic (exact) mass is 220 g/mol. The molecule has 0 amide bonds. The quantitative estimate of drug-likeness (QED) is 0.796. The molecule has 1 aromatic carbocycles. The smallest absolute Gasteiger partial charge is 0.152 e. The van der Waals surface area contributed by atoms with Crippen LogP contribution >= 0.6 is 11.3 Å². The van der Waals surface area contributed by atoms with E-state index in [2.05, 4.69) is 10.5 Å². The fraction of sp³-hybridized carbons (Fsp3) is 0.182. The number of hydrogen-bond acceptors (Lipinski definition) is 4. The highest BCUT2D eigenvalue weighted by atomic mass is 32.1. The van der Waals surface area contributed by atoms with E-state index in [-0.39, 0.29) is 0 Å². The van der Waals surface area contributed by atoms with Crippen LogP contribution in [0.5, 0.6) is 11.5 Å². The Morgan fingerprint density at radius 1 is 1.20 bits per heavy atom. The van der Waals surface area contributed by atoms with Crippen LogP contribution in [0.15, 0.2) is 23.6 Å². The highest BCUT2D eigenvalue weighted by molar-refractivity contribution is 7.07. The Balaban J connectivity index is 2.61. The first-order valence-electron chi connectivity index (χ1n) is 4.39. The molecule has 0 aliphatic rings. The molecule has 1 aromatic heterocycles. The van der Waals surface area contributed by atoms with Gasteiger partial charge in [0.25, 0.3) is 0 Å². The van der Waals surface area contributed by atoms with Gasteiger partial charge in [-0.3, -0.25) is 0 Å². The summed E-state index contributed by atoms with van der Waals surface area (Å²) in [6, 6.07) is 5.66. The second-order valence-electron chi connectivity index (χ2n) is 2.86. The van der Waals surface area contributed by atoms with E-state index in [0.717, 1.165) is 22.8 Å². The van der Waals surface area contributed by atoms with Gasteiger partial charge in [-0.05, 0) is 12.1 Å². The molecule has 0 atom stereocenters. The molecule has 4 heteroatoms. The van der Waals surface area contributed by atoms with E-state index in [9.17, 15) is 0 Å². The van der Waals surface area contributed by atoms with E-state index >= 15 is 0 Å². The maximum atomic E-state index is 5.28. The molecule has 0 spiro atoms.